The van der Waals surface area contributed by atoms with Gasteiger partial charge in [0.05, 0.1) is 25.4 Å². The van der Waals surface area contributed by atoms with Crippen molar-refractivity contribution in [3.63, 3.8) is 0 Å². The van der Waals surface area contributed by atoms with Crippen LogP contribution in [0.5, 0.6) is 0 Å². The Balaban J connectivity index is 2.89. The van der Waals surface area contributed by atoms with E-state index in [1.807, 2.05) is 6.08 Å². The van der Waals surface area contributed by atoms with Crippen molar-refractivity contribution in [3.05, 3.63) is 36.5 Å². The SMILES string of the molecule is CC[C@H](C)C/C=C/[C@@H](C)/C=C/[C@H](OC1OC(CO)C(O)C(O)C1O)[C@H](C)CCC[C@H](CC[C@H](O)[C@@H](C)/C=C/C[C@@H](C)CCCC(C)C)COC(C)=O. The Kier molecular flexibility index (Phi) is 25.2. The van der Waals surface area contributed by atoms with Crippen LogP contribution in [0, 0.1) is 41.4 Å². The number of ether oxygens (including phenoxy) is 3. The molecule has 52 heavy (non-hydrogen) atoms. The van der Waals surface area contributed by atoms with Crippen molar-refractivity contribution < 1.29 is 44.5 Å². The fourth-order valence-corrected chi connectivity index (χ4v) is 6.50. The second-order valence-corrected chi connectivity index (χ2v) is 16.4. The van der Waals surface area contributed by atoms with Crippen molar-refractivity contribution >= 4 is 5.97 Å². The van der Waals surface area contributed by atoms with Crippen LogP contribution in [-0.4, -0.2) is 87.6 Å². The summed E-state index contributed by atoms with van der Waals surface area (Å²) in [4.78, 5) is 11.7. The predicted octanol–water partition coefficient (Wildman–Crippen LogP) is 7.53. The van der Waals surface area contributed by atoms with Crippen LogP contribution in [0.1, 0.15) is 133 Å². The maximum Gasteiger partial charge on any atom is 0.302 e. The largest absolute Gasteiger partial charge is 0.466 e. The second-order valence-electron chi connectivity index (χ2n) is 16.4. The molecule has 0 bridgehead atoms. The van der Waals surface area contributed by atoms with Gasteiger partial charge >= 0.3 is 5.97 Å². The van der Waals surface area contributed by atoms with E-state index in [4.69, 9.17) is 14.2 Å². The third kappa shape index (κ3) is 20.2. The summed E-state index contributed by atoms with van der Waals surface area (Å²) in [5, 5.41) is 52.0. The Labute approximate surface area is 316 Å². The minimum absolute atomic E-state index is 0.0159. The lowest BCUT2D eigenvalue weighted by Crippen LogP contribution is -2.59. The lowest BCUT2D eigenvalue weighted by atomic mass is 9.89. The fourth-order valence-electron chi connectivity index (χ4n) is 6.50. The summed E-state index contributed by atoms with van der Waals surface area (Å²) in [5.41, 5.74) is 0. The van der Waals surface area contributed by atoms with E-state index in [0.29, 0.717) is 24.9 Å². The molecule has 1 heterocycles. The van der Waals surface area contributed by atoms with Crippen molar-refractivity contribution in [2.45, 2.75) is 176 Å². The molecule has 1 rings (SSSR count). The molecular weight excluding hydrogens is 660 g/mol. The van der Waals surface area contributed by atoms with Gasteiger partial charge in [-0.1, -0.05) is 124 Å². The molecule has 1 aliphatic rings. The van der Waals surface area contributed by atoms with E-state index in [-0.39, 0.29) is 29.6 Å². The normalized spacial score (nSPS) is 26.1. The van der Waals surface area contributed by atoms with Gasteiger partial charge in [-0.3, -0.25) is 4.79 Å². The number of aliphatic hydroxyl groups excluding tert-OH is 5. The van der Waals surface area contributed by atoms with Gasteiger partial charge in [0.2, 0.25) is 0 Å². The topological polar surface area (TPSA) is 146 Å². The van der Waals surface area contributed by atoms with Crippen molar-refractivity contribution in [3.8, 4) is 0 Å². The highest BCUT2D eigenvalue weighted by Crippen LogP contribution is 2.28. The summed E-state index contributed by atoms with van der Waals surface area (Å²) in [5.74, 6) is 1.94. The standard InChI is InChI=1S/C43H78O9/c1-10-30(4)16-12-18-32(6)23-26-38(51-43-42(49)41(48)40(47)39(27-44)52-43)34(8)21-14-22-36(28-50-35(9)45)24-25-37(46)33(7)20-13-19-31(5)17-11-15-29(2)3/h12-13,18,20,23,26,29-34,36-44,46-49H,10-11,14-17,19,21-22,24-25,27-28H2,1-9H3/b18-12+,20-13+,26-23+/t30-,31-,32+,33-,34+,36+,37-,38-,39?,40?,41?,42?,43?/m0/s1. The smallest absolute Gasteiger partial charge is 0.302 e. The number of esters is 1. The molecule has 1 saturated heterocycles. The number of hydrogen-bond donors (Lipinski definition) is 5. The highest BCUT2D eigenvalue weighted by molar-refractivity contribution is 5.65. The molecule has 0 aromatic heterocycles. The molecule has 0 saturated carbocycles. The maximum absolute atomic E-state index is 11.7. The van der Waals surface area contributed by atoms with Gasteiger partial charge in [0.25, 0.3) is 0 Å². The van der Waals surface area contributed by atoms with E-state index in [9.17, 15) is 30.3 Å². The second kappa shape index (κ2) is 27.1. The first-order chi connectivity index (χ1) is 24.6. The summed E-state index contributed by atoms with van der Waals surface area (Å²) in [7, 11) is 0. The number of carbonyl (C=O) groups is 1. The third-order valence-corrected chi connectivity index (χ3v) is 10.7. The van der Waals surface area contributed by atoms with Gasteiger partial charge in [-0.25, -0.2) is 0 Å². The maximum atomic E-state index is 11.7. The molecule has 0 spiro atoms. The molecule has 304 valence electrons. The molecule has 9 nitrogen and oxygen atoms in total. The summed E-state index contributed by atoms with van der Waals surface area (Å²) in [6.07, 6.45) is 15.7. The Morgan fingerprint density at radius 1 is 0.769 bits per heavy atom. The van der Waals surface area contributed by atoms with Gasteiger partial charge in [0.1, 0.15) is 24.4 Å². The van der Waals surface area contributed by atoms with Crippen LogP contribution >= 0.6 is 0 Å². The Bertz CT molecular complexity index is 1010. The van der Waals surface area contributed by atoms with E-state index < -0.39 is 49.5 Å². The van der Waals surface area contributed by atoms with Crippen LogP contribution in [-0.2, 0) is 19.0 Å². The van der Waals surface area contributed by atoms with Gasteiger partial charge in [-0.15, -0.1) is 0 Å². The van der Waals surface area contributed by atoms with Gasteiger partial charge in [-0.2, -0.15) is 0 Å². The predicted molar refractivity (Wildman–Crippen MR) is 209 cm³/mol. The molecule has 1 aliphatic heterocycles. The molecule has 0 radical (unpaired) electrons. The molecular formula is C43H78O9. The lowest BCUT2D eigenvalue weighted by Gasteiger charge is -2.41. The summed E-state index contributed by atoms with van der Waals surface area (Å²) < 4.78 is 17.4. The average molecular weight is 739 g/mol. The van der Waals surface area contributed by atoms with Crippen LogP contribution < -0.4 is 0 Å². The molecule has 9 heteroatoms. The zero-order valence-corrected chi connectivity index (χ0v) is 34.1. The number of allylic oxidation sites excluding steroid dienone is 4. The van der Waals surface area contributed by atoms with E-state index in [1.54, 1.807) is 0 Å². The summed E-state index contributed by atoms with van der Waals surface area (Å²) >= 11 is 0. The molecule has 0 aliphatic carbocycles. The molecule has 5 unspecified atom stereocenters. The first-order valence-corrected chi connectivity index (χ1v) is 20.4. The summed E-state index contributed by atoms with van der Waals surface area (Å²) in [6, 6.07) is 0. The lowest BCUT2D eigenvalue weighted by molar-refractivity contribution is -0.310. The Hall–Kier alpha value is -1.59. The van der Waals surface area contributed by atoms with Crippen molar-refractivity contribution in [2.75, 3.05) is 13.2 Å². The molecule has 1 fully saturated rings. The number of hydrogen-bond acceptors (Lipinski definition) is 9. The zero-order valence-electron chi connectivity index (χ0n) is 34.1. The molecule has 13 atom stereocenters. The van der Waals surface area contributed by atoms with Gasteiger partial charge in [0.15, 0.2) is 6.29 Å². The Morgan fingerprint density at radius 3 is 2.06 bits per heavy atom. The number of carbonyl (C=O) groups excluding carboxylic acids is 1. The minimum atomic E-state index is -1.52. The monoisotopic (exact) mass is 739 g/mol. The minimum Gasteiger partial charge on any atom is -0.466 e. The van der Waals surface area contributed by atoms with Crippen molar-refractivity contribution in [2.24, 2.45) is 41.4 Å². The molecule has 0 amide bonds. The van der Waals surface area contributed by atoms with Crippen LogP contribution in [0.2, 0.25) is 0 Å². The van der Waals surface area contributed by atoms with Crippen LogP contribution in [0.3, 0.4) is 0 Å². The highest BCUT2D eigenvalue weighted by atomic mass is 16.7. The van der Waals surface area contributed by atoms with Crippen LogP contribution in [0.4, 0.5) is 0 Å². The van der Waals surface area contributed by atoms with Crippen molar-refractivity contribution in [1.29, 1.82) is 0 Å². The van der Waals surface area contributed by atoms with Gasteiger partial charge in [0, 0.05) is 6.92 Å². The fraction of sp³-hybridized carbons (Fsp3) is 0.837. The summed E-state index contributed by atoms with van der Waals surface area (Å²) in [6.45, 7) is 18.6. The van der Waals surface area contributed by atoms with E-state index in [2.05, 4.69) is 85.8 Å². The van der Waals surface area contributed by atoms with Crippen LogP contribution in [0.15, 0.2) is 36.5 Å². The highest BCUT2D eigenvalue weighted by Gasteiger charge is 2.45. The van der Waals surface area contributed by atoms with E-state index in [0.717, 1.165) is 50.9 Å². The first-order valence-electron chi connectivity index (χ1n) is 20.4. The third-order valence-electron chi connectivity index (χ3n) is 10.7. The van der Waals surface area contributed by atoms with Crippen LogP contribution in [0.25, 0.3) is 0 Å². The molecule has 0 aromatic carbocycles. The van der Waals surface area contributed by atoms with E-state index >= 15 is 0 Å². The zero-order chi connectivity index (χ0) is 39.2. The molecule has 0 aromatic rings. The van der Waals surface area contributed by atoms with Gasteiger partial charge in [-0.05, 0) is 80.0 Å². The van der Waals surface area contributed by atoms with Crippen molar-refractivity contribution in [1.82, 2.24) is 0 Å². The number of aliphatic hydroxyl groups is 5. The average Bonchev–Trinajstić information content (AvgIpc) is 3.10. The van der Waals surface area contributed by atoms with E-state index in [1.165, 1.54) is 26.2 Å². The van der Waals surface area contributed by atoms with Gasteiger partial charge < -0.3 is 39.7 Å². The first kappa shape index (κ1) is 48.4. The quantitative estimate of drug-likeness (QED) is 0.0427. The molecule has 5 N–H and O–H groups in total. The number of rotatable bonds is 27. The Morgan fingerprint density at radius 2 is 1.42 bits per heavy atom.